The normalized spacial score (nSPS) is 12.9. The van der Waals surface area contributed by atoms with Gasteiger partial charge >= 0.3 is 6.09 Å². The molecule has 0 saturated carbocycles. The fraction of sp³-hybridized carbons (Fsp3) is 0.533. The van der Waals surface area contributed by atoms with Crippen LogP contribution in [0.15, 0.2) is 12.1 Å². The molecule has 1 rings (SSSR count). The zero-order chi connectivity index (χ0) is 17.8. The number of hydrogen-bond acceptors (Lipinski definition) is 5. The standard InChI is InChI=1S/C15H22F2N2O4/c1-15(2,3)23-14(21)19-10-6-8(5-9(18)13(16)17)7-11(22-4)12(10)20/h6-7,9,13,20H,5,18H2,1-4H3,(H,19,21). The summed E-state index contributed by atoms with van der Waals surface area (Å²) in [5.74, 6) is -0.289. The number of phenols is 1. The minimum absolute atomic E-state index is 0.00457. The Kier molecular flexibility index (Phi) is 6.14. The van der Waals surface area contributed by atoms with E-state index in [9.17, 15) is 18.7 Å². The number of methoxy groups -OCH3 is 1. The number of alkyl halides is 2. The third-order valence-corrected chi connectivity index (χ3v) is 2.79. The maximum Gasteiger partial charge on any atom is 0.412 e. The van der Waals surface area contributed by atoms with Crippen molar-refractivity contribution in [1.29, 1.82) is 0 Å². The fourth-order valence-corrected chi connectivity index (χ4v) is 1.81. The Morgan fingerprint density at radius 2 is 2.00 bits per heavy atom. The topological polar surface area (TPSA) is 93.8 Å². The summed E-state index contributed by atoms with van der Waals surface area (Å²) in [7, 11) is 1.31. The molecule has 0 aliphatic rings. The van der Waals surface area contributed by atoms with Gasteiger partial charge in [-0.25, -0.2) is 13.6 Å². The smallest absolute Gasteiger partial charge is 0.412 e. The Labute approximate surface area is 133 Å². The van der Waals surface area contributed by atoms with Crippen LogP contribution < -0.4 is 15.8 Å². The first-order valence-corrected chi connectivity index (χ1v) is 6.97. The first-order chi connectivity index (χ1) is 10.5. The summed E-state index contributed by atoms with van der Waals surface area (Å²) in [4.78, 5) is 11.8. The van der Waals surface area contributed by atoms with Gasteiger partial charge in [0.1, 0.15) is 5.60 Å². The molecule has 0 aliphatic heterocycles. The molecule has 0 heterocycles. The highest BCUT2D eigenvalue weighted by atomic mass is 19.3. The van der Waals surface area contributed by atoms with E-state index >= 15 is 0 Å². The van der Waals surface area contributed by atoms with Gasteiger partial charge in [0, 0.05) is 0 Å². The van der Waals surface area contributed by atoms with Crippen molar-refractivity contribution in [1.82, 2.24) is 0 Å². The molecule has 1 unspecified atom stereocenters. The van der Waals surface area contributed by atoms with Crippen LogP contribution in [0.25, 0.3) is 0 Å². The lowest BCUT2D eigenvalue weighted by molar-refractivity contribution is 0.0635. The van der Waals surface area contributed by atoms with Crippen LogP contribution in [-0.4, -0.2) is 36.4 Å². The van der Waals surface area contributed by atoms with Crippen LogP contribution in [0.4, 0.5) is 19.3 Å². The predicted octanol–water partition coefficient (Wildman–Crippen LogP) is 2.88. The highest BCUT2D eigenvalue weighted by molar-refractivity contribution is 5.88. The number of rotatable bonds is 5. The molecule has 0 fully saturated rings. The molecule has 1 aromatic carbocycles. The molecule has 8 heteroatoms. The van der Waals surface area contributed by atoms with Gasteiger partial charge in [-0.05, 0) is 44.9 Å². The Balaban J connectivity index is 3.03. The largest absolute Gasteiger partial charge is 0.503 e. The molecular weight excluding hydrogens is 310 g/mol. The number of carbonyl (C=O) groups excluding carboxylic acids is 1. The highest BCUT2D eigenvalue weighted by Gasteiger charge is 2.21. The van der Waals surface area contributed by atoms with Crippen molar-refractivity contribution in [2.24, 2.45) is 5.73 Å². The SMILES string of the molecule is COc1cc(CC(N)C(F)F)cc(NC(=O)OC(C)(C)C)c1O. The first-order valence-electron chi connectivity index (χ1n) is 6.97. The third-order valence-electron chi connectivity index (χ3n) is 2.79. The van der Waals surface area contributed by atoms with E-state index in [4.69, 9.17) is 15.2 Å². The molecule has 0 aliphatic carbocycles. The van der Waals surface area contributed by atoms with Crippen LogP contribution in [0, 0.1) is 0 Å². The van der Waals surface area contributed by atoms with Gasteiger partial charge in [0.15, 0.2) is 11.5 Å². The number of nitrogens with two attached hydrogens (primary N) is 1. The molecule has 0 bridgehead atoms. The number of nitrogens with one attached hydrogen (secondary N) is 1. The van der Waals surface area contributed by atoms with Crippen LogP contribution >= 0.6 is 0 Å². The summed E-state index contributed by atoms with van der Waals surface area (Å²) in [5.41, 5.74) is 5.01. The second-order valence-electron chi connectivity index (χ2n) is 6.02. The van der Waals surface area contributed by atoms with Crippen molar-refractivity contribution in [2.75, 3.05) is 12.4 Å². The van der Waals surface area contributed by atoms with E-state index in [0.29, 0.717) is 5.56 Å². The number of halogens is 2. The van der Waals surface area contributed by atoms with Crippen molar-refractivity contribution in [3.63, 3.8) is 0 Å². The van der Waals surface area contributed by atoms with Crippen molar-refractivity contribution in [3.05, 3.63) is 17.7 Å². The van der Waals surface area contributed by atoms with Gasteiger partial charge in [-0.2, -0.15) is 0 Å². The lowest BCUT2D eigenvalue weighted by atomic mass is 10.0. The van der Waals surface area contributed by atoms with E-state index in [2.05, 4.69) is 5.32 Å². The molecule has 23 heavy (non-hydrogen) atoms. The van der Waals surface area contributed by atoms with Gasteiger partial charge in [-0.15, -0.1) is 0 Å². The second-order valence-corrected chi connectivity index (χ2v) is 6.02. The third kappa shape index (κ3) is 5.90. The molecule has 0 spiro atoms. The summed E-state index contributed by atoms with van der Waals surface area (Å²) in [6.07, 6.45) is -3.61. The molecule has 1 amide bonds. The van der Waals surface area contributed by atoms with Crippen molar-refractivity contribution in [2.45, 2.75) is 45.3 Å². The lowest BCUT2D eigenvalue weighted by Gasteiger charge is -2.20. The molecule has 6 nitrogen and oxygen atoms in total. The molecular formula is C15H22F2N2O4. The average molecular weight is 332 g/mol. The number of hydrogen-bond donors (Lipinski definition) is 3. The minimum atomic E-state index is -2.68. The Morgan fingerprint density at radius 3 is 2.48 bits per heavy atom. The molecule has 130 valence electrons. The monoisotopic (exact) mass is 332 g/mol. The summed E-state index contributed by atoms with van der Waals surface area (Å²) in [6, 6.07) is 1.38. The molecule has 0 radical (unpaired) electrons. The van der Waals surface area contributed by atoms with Crippen molar-refractivity contribution >= 4 is 11.8 Å². The Morgan fingerprint density at radius 1 is 1.39 bits per heavy atom. The first kappa shape index (κ1) is 19.0. The van der Waals surface area contributed by atoms with Crippen LogP contribution in [0.5, 0.6) is 11.5 Å². The zero-order valence-electron chi connectivity index (χ0n) is 13.5. The number of phenolic OH excluding ortho intramolecular Hbond substituents is 1. The quantitative estimate of drug-likeness (QED) is 0.721. The number of carbonyl (C=O) groups is 1. The predicted molar refractivity (Wildman–Crippen MR) is 82.2 cm³/mol. The van der Waals surface area contributed by atoms with Gasteiger partial charge in [0.25, 0.3) is 6.43 Å². The Hall–Kier alpha value is -2.09. The van der Waals surface area contributed by atoms with E-state index in [1.54, 1.807) is 20.8 Å². The van der Waals surface area contributed by atoms with Crippen LogP contribution in [0.1, 0.15) is 26.3 Å². The Bertz CT molecular complexity index is 559. The number of aromatic hydroxyl groups is 1. The summed E-state index contributed by atoms with van der Waals surface area (Å²) in [5, 5.41) is 12.4. The van der Waals surface area contributed by atoms with E-state index < -0.39 is 24.2 Å². The maximum absolute atomic E-state index is 12.6. The van der Waals surface area contributed by atoms with Crippen LogP contribution in [0.2, 0.25) is 0 Å². The minimum Gasteiger partial charge on any atom is -0.503 e. The van der Waals surface area contributed by atoms with Gasteiger partial charge in [-0.1, -0.05) is 0 Å². The van der Waals surface area contributed by atoms with Crippen LogP contribution in [0.3, 0.4) is 0 Å². The average Bonchev–Trinajstić information content (AvgIpc) is 2.39. The summed E-state index contributed by atoms with van der Waals surface area (Å²) >= 11 is 0. The number of anilines is 1. The molecule has 1 atom stereocenters. The number of amides is 1. The highest BCUT2D eigenvalue weighted by Crippen LogP contribution is 2.36. The van der Waals surface area contributed by atoms with E-state index in [1.807, 2.05) is 0 Å². The van der Waals surface area contributed by atoms with Gasteiger partial charge in [0.05, 0.1) is 18.8 Å². The van der Waals surface area contributed by atoms with Gasteiger partial charge in [0.2, 0.25) is 0 Å². The van der Waals surface area contributed by atoms with Gasteiger partial charge in [-0.3, -0.25) is 5.32 Å². The zero-order valence-corrected chi connectivity index (χ0v) is 13.5. The maximum atomic E-state index is 12.6. The second kappa shape index (κ2) is 7.45. The number of benzene rings is 1. The van der Waals surface area contributed by atoms with E-state index in [0.717, 1.165) is 0 Å². The van der Waals surface area contributed by atoms with E-state index in [-0.39, 0.29) is 23.6 Å². The number of ether oxygens (including phenoxy) is 2. The molecule has 0 saturated heterocycles. The van der Waals surface area contributed by atoms with Crippen LogP contribution in [-0.2, 0) is 11.2 Å². The molecule has 4 N–H and O–H groups in total. The molecule has 1 aromatic rings. The van der Waals surface area contributed by atoms with E-state index in [1.165, 1.54) is 19.2 Å². The summed E-state index contributed by atoms with van der Waals surface area (Å²) < 4.78 is 35.2. The van der Waals surface area contributed by atoms with Crippen molar-refractivity contribution < 1.29 is 28.2 Å². The van der Waals surface area contributed by atoms with Gasteiger partial charge < -0.3 is 20.3 Å². The fourth-order valence-electron chi connectivity index (χ4n) is 1.81. The van der Waals surface area contributed by atoms with Crippen molar-refractivity contribution in [3.8, 4) is 11.5 Å². The molecule has 0 aromatic heterocycles. The summed E-state index contributed by atoms with van der Waals surface area (Å²) in [6.45, 7) is 5.06. The lowest BCUT2D eigenvalue weighted by Crippen LogP contribution is -2.31.